The van der Waals surface area contributed by atoms with Crippen molar-refractivity contribution in [1.82, 2.24) is 5.43 Å². The van der Waals surface area contributed by atoms with E-state index in [4.69, 9.17) is 16.3 Å². The Morgan fingerprint density at radius 1 is 1.06 bits per heavy atom. The van der Waals surface area contributed by atoms with Crippen LogP contribution in [0.15, 0.2) is 88.9 Å². The van der Waals surface area contributed by atoms with Crippen molar-refractivity contribution in [2.45, 2.75) is 17.1 Å². The second kappa shape index (κ2) is 11.9. The number of ether oxygens (including phenoxy) is 1. The molecule has 164 valence electrons. The minimum Gasteiger partial charge on any atom is -0.484 e. The van der Waals surface area contributed by atoms with Crippen molar-refractivity contribution < 1.29 is 14.3 Å². The van der Waals surface area contributed by atoms with E-state index in [2.05, 4.69) is 15.8 Å². The molecule has 0 heterocycles. The first-order valence-corrected chi connectivity index (χ1v) is 11.1. The second-order valence-electron chi connectivity index (χ2n) is 6.72. The van der Waals surface area contributed by atoms with Crippen LogP contribution in [0.25, 0.3) is 0 Å². The lowest BCUT2D eigenvalue weighted by atomic mass is 10.2. The van der Waals surface area contributed by atoms with Crippen molar-refractivity contribution >= 4 is 47.1 Å². The average molecular weight is 468 g/mol. The maximum absolute atomic E-state index is 12.2. The molecule has 0 aliphatic rings. The summed E-state index contributed by atoms with van der Waals surface area (Å²) in [6.07, 6.45) is 1.55. The molecule has 0 fully saturated rings. The van der Waals surface area contributed by atoms with E-state index in [1.54, 1.807) is 54.7 Å². The van der Waals surface area contributed by atoms with Crippen molar-refractivity contribution in [1.29, 1.82) is 0 Å². The summed E-state index contributed by atoms with van der Waals surface area (Å²) in [4.78, 5) is 25.2. The lowest BCUT2D eigenvalue weighted by molar-refractivity contribution is -0.120. The Hall–Kier alpha value is -3.29. The van der Waals surface area contributed by atoms with Gasteiger partial charge in [0.15, 0.2) is 6.61 Å². The molecule has 6 nitrogen and oxygen atoms in total. The van der Waals surface area contributed by atoms with Gasteiger partial charge in [-0.25, -0.2) is 5.43 Å². The van der Waals surface area contributed by atoms with Gasteiger partial charge >= 0.3 is 0 Å². The molecule has 0 unspecified atom stereocenters. The minimum absolute atomic E-state index is 0.132. The van der Waals surface area contributed by atoms with Crippen LogP contribution in [0.3, 0.4) is 0 Å². The monoisotopic (exact) mass is 467 g/mol. The van der Waals surface area contributed by atoms with Crippen molar-refractivity contribution in [3.8, 4) is 5.75 Å². The van der Waals surface area contributed by atoms with Crippen LogP contribution in [-0.2, 0) is 9.59 Å². The summed E-state index contributed by atoms with van der Waals surface area (Å²) in [6.45, 7) is 1.70. The maximum atomic E-state index is 12.2. The van der Waals surface area contributed by atoms with E-state index >= 15 is 0 Å². The van der Waals surface area contributed by atoms with Crippen molar-refractivity contribution in [3.05, 3.63) is 89.4 Å². The van der Waals surface area contributed by atoms with Crippen LogP contribution in [0.2, 0.25) is 5.02 Å². The average Bonchev–Trinajstić information content (AvgIpc) is 2.79. The number of nitrogens with one attached hydrogen (secondary N) is 2. The zero-order valence-corrected chi connectivity index (χ0v) is 18.9. The van der Waals surface area contributed by atoms with Crippen LogP contribution in [0.1, 0.15) is 12.5 Å². The van der Waals surface area contributed by atoms with E-state index < -0.39 is 0 Å². The predicted molar refractivity (Wildman–Crippen MR) is 130 cm³/mol. The maximum Gasteiger partial charge on any atom is 0.262 e. The van der Waals surface area contributed by atoms with E-state index in [1.165, 1.54) is 11.8 Å². The van der Waals surface area contributed by atoms with Gasteiger partial charge in [-0.3, -0.25) is 9.59 Å². The van der Waals surface area contributed by atoms with E-state index in [0.29, 0.717) is 16.5 Å². The Bertz CT molecular complexity index is 1080. The third-order valence-corrected chi connectivity index (χ3v) is 5.52. The molecule has 0 radical (unpaired) electrons. The molecule has 0 bridgehead atoms. The van der Waals surface area contributed by atoms with Gasteiger partial charge in [0.25, 0.3) is 11.8 Å². The molecule has 3 aromatic rings. The highest BCUT2D eigenvalue weighted by Crippen LogP contribution is 2.22. The molecule has 1 atom stereocenters. The molecule has 32 heavy (non-hydrogen) atoms. The lowest BCUT2D eigenvalue weighted by Gasteiger charge is -2.09. The fourth-order valence-electron chi connectivity index (χ4n) is 2.58. The first kappa shape index (κ1) is 23.4. The first-order valence-electron chi connectivity index (χ1n) is 9.82. The molecular weight excluding hydrogens is 446 g/mol. The highest BCUT2D eigenvalue weighted by molar-refractivity contribution is 8.00. The highest BCUT2D eigenvalue weighted by Gasteiger charge is 2.13. The van der Waals surface area contributed by atoms with Gasteiger partial charge in [-0.05, 0) is 67.1 Å². The number of hydrazone groups is 1. The summed E-state index contributed by atoms with van der Waals surface area (Å²) in [7, 11) is 0. The number of halogens is 1. The molecule has 0 aliphatic carbocycles. The Balaban J connectivity index is 1.42. The molecule has 2 amide bonds. The number of hydrogen-bond acceptors (Lipinski definition) is 5. The summed E-state index contributed by atoms with van der Waals surface area (Å²) in [6, 6.07) is 23.6. The quantitative estimate of drug-likeness (QED) is 0.264. The number of amides is 2. The van der Waals surface area contributed by atoms with Crippen molar-refractivity contribution in [2.24, 2.45) is 5.10 Å². The molecule has 0 aromatic heterocycles. The molecule has 3 rings (SSSR count). The molecule has 2 N–H and O–H groups in total. The number of carbonyl (C=O) groups is 2. The van der Waals surface area contributed by atoms with Crippen LogP contribution in [0, 0.1) is 0 Å². The van der Waals surface area contributed by atoms with Crippen LogP contribution >= 0.6 is 23.4 Å². The Morgan fingerprint density at radius 3 is 2.53 bits per heavy atom. The summed E-state index contributed by atoms with van der Waals surface area (Å²) in [5.74, 6) is 0.0733. The second-order valence-corrected chi connectivity index (χ2v) is 8.57. The van der Waals surface area contributed by atoms with Crippen LogP contribution in [-0.4, -0.2) is 29.9 Å². The fraction of sp³-hybridized carbons (Fsp3) is 0.125. The van der Waals surface area contributed by atoms with Crippen molar-refractivity contribution in [2.75, 3.05) is 11.9 Å². The highest BCUT2D eigenvalue weighted by atomic mass is 35.5. The SMILES string of the molecule is C[C@H](Sc1ccccc1)C(=O)N/N=C\c1ccc(OCC(=O)Nc2cccc(Cl)c2)cc1. The Morgan fingerprint density at radius 2 is 1.81 bits per heavy atom. The van der Waals surface area contributed by atoms with Gasteiger partial charge < -0.3 is 10.1 Å². The van der Waals surface area contributed by atoms with Crippen LogP contribution < -0.4 is 15.5 Å². The summed E-state index contributed by atoms with van der Waals surface area (Å²) < 4.78 is 5.49. The van der Waals surface area contributed by atoms with Gasteiger partial charge in [0.05, 0.1) is 11.5 Å². The van der Waals surface area contributed by atoms with Gasteiger partial charge in [0.1, 0.15) is 5.75 Å². The number of hydrogen-bond donors (Lipinski definition) is 2. The van der Waals surface area contributed by atoms with Gasteiger partial charge in [0, 0.05) is 15.6 Å². The number of nitrogens with zero attached hydrogens (tertiary/aromatic N) is 1. The van der Waals surface area contributed by atoms with E-state index in [0.717, 1.165) is 10.5 Å². The zero-order valence-electron chi connectivity index (χ0n) is 17.3. The Labute approximate surface area is 196 Å². The van der Waals surface area contributed by atoms with Gasteiger partial charge in [-0.1, -0.05) is 35.9 Å². The van der Waals surface area contributed by atoms with Crippen molar-refractivity contribution in [3.63, 3.8) is 0 Å². The van der Waals surface area contributed by atoms with E-state index in [9.17, 15) is 9.59 Å². The number of anilines is 1. The lowest BCUT2D eigenvalue weighted by Crippen LogP contribution is -2.26. The molecular formula is C24H22ClN3O3S. The standard InChI is InChI=1S/C24H22ClN3O3S/c1-17(32-22-8-3-2-4-9-22)24(30)28-26-15-18-10-12-21(13-11-18)31-16-23(29)27-20-7-5-6-19(25)14-20/h2-15,17H,16H2,1H3,(H,27,29)(H,28,30)/b26-15-/t17-/m0/s1. The normalized spacial score (nSPS) is 11.7. The summed E-state index contributed by atoms with van der Waals surface area (Å²) in [5, 5.41) is 6.99. The molecule has 3 aromatic carbocycles. The third kappa shape index (κ3) is 7.76. The van der Waals surface area contributed by atoms with Crippen LogP contribution in [0.4, 0.5) is 5.69 Å². The zero-order chi connectivity index (χ0) is 22.8. The van der Waals surface area contributed by atoms with Gasteiger partial charge in [0.2, 0.25) is 0 Å². The number of benzene rings is 3. The number of thioether (sulfide) groups is 1. The third-order valence-electron chi connectivity index (χ3n) is 4.17. The molecule has 0 saturated heterocycles. The first-order chi connectivity index (χ1) is 15.5. The van der Waals surface area contributed by atoms with Gasteiger partial charge in [-0.15, -0.1) is 11.8 Å². The van der Waals surface area contributed by atoms with E-state index in [1.807, 2.05) is 37.3 Å². The predicted octanol–water partition coefficient (Wildman–Crippen LogP) is 4.99. The molecule has 8 heteroatoms. The largest absolute Gasteiger partial charge is 0.484 e. The molecule has 0 spiro atoms. The van der Waals surface area contributed by atoms with E-state index in [-0.39, 0.29) is 23.7 Å². The summed E-state index contributed by atoms with van der Waals surface area (Å²) in [5.41, 5.74) is 3.94. The van der Waals surface area contributed by atoms with Gasteiger partial charge in [-0.2, -0.15) is 5.10 Å². The minimum atomic E-state index is -0.289. The summed E-state index contributed by atoms with van der Waals surface area (Å²) >= 11 is 7.37. The molecule has 0 saturated carbocycles. The smallest absolute Gasteiger partial charge is 0.262 e. The number of carbonyl (C=O) groups excluding carboxylic acids is 2. The number of rotatable bonds is 9. The topological polar surface area (TPSA) is 79.8 Å². The fourth-order valence-corrected chi connectivity index (χ4v) is 3.65. The Kier molecular flexibility index (Phi) is 8.71. The van der Waals surface area contributed by atoms with Crippen LogP contribution in [0.5, 0.6) is 5.75 Å². The molecule has 0 aliphatic heterocycles.